The number of thiazole rings is 1. The third-order valence-electron chi connectivity index (χ3n) is 4.87. The van der Waals surface area contributed by atoms with E-state index < -0.39 is 0 Å². The quantitative estimate of drug-likeness (QED) is 0.673. The van der Waals surface area contributed by atoms with Crippen LogP contribution in [0, 0.1) is 13.8 Å². The number of carbonyl (C=O) groups is 1. The first-order valence-electron chi connectivity index (χ1n) is 9.42. The smallest absolute Gasteiger partial charge is 0.265 e. The van der Waals surface area contributed by atoms with Crippen LogP contribution in [0.5, 0.6) is 0 Å². The van der Waals surface area contributed by atoms with Crippen LogP contribution >= 0.6 is 11.3 Å². The molecule has 1 amide bonds. The van der Waals surface area contributed by atoms with Crippen LogP contribution in [0.3, 0.4) is 0 Å². The van der Waals surface area contributed by atoms with Crippen molar-refractivity contribution in [3.05, 3.63) is 51.9 Å². The van der Waals surface area contributed by atoms with Gasteiger partial charge in [0, 0.05) is 50.2 Å². The second-order valence-corrected chi connectivity index (χ2v) is 8.19. The summed E-state index contributed by atoms with van der Waals surface area (Å²) < 4.78 is 5.52. The second kappa shape index (κ2) is 8.20. The number of amides is 1. The van der Waals surface area contributed by atoms with Crippen LogP contribution < -0.4 is 0 Å². The highest BCUT2D eigenvalue weighted by atomic mass is 32.1. The van der Waals surface area contributed by atoms with E-state index in [4.69, 9.17) is 4.52 Å². The number of hydrogen-bond acceptors (Lipinski definition) is 7. The van der Waals surface area contributed by atoms with Crippen molar-refractivity contribution in [3.8, 4) is 11.3 Å². The van der Waals surface area contributed by atoms with E-state index in [2.05, 4.69) is 20.0 Å². The van der Waals surface area contributed by atoms with Crippen molar-refractivity contribution >= 4 is 17.2 Å². The van der Waals surface area contributed by atoms with Gasteiger partial charge in [0.1, 0.15) is 10.6 Å². The van der Waals surface area contributed by atoms with Gasteiger partial charge in [-0.15, -0.1) is 11.3 Å². The molecule has 1 saturated heterocycles. The monoisotopic (exact) mass is 397 g/mol. The van der Waals surface area contributed by atoms with Crippen LogP contribution in [0.4, 0.5) is 0 Å². The van der Waals surface area contributed by atoms with Crippen molar-refractivity contribution in [1.82, 2.24) is 24.9 Å². The van der Waals surface area contributed by atoms with Crippen molar-refractivity contribution in [2.45, 2.75) is 26.8 Å². The lowest BCUT2D eigenvalue weighted by molar-refractivity contribution is 0.0764. The zero-order valence-corrected chi connectivity index (χ0v) is 16.9. The Balaban J connectivity index is 1.37. The van der Waals surface area contributed by atoms with E-state index in [1.165, 1.54) is 11.3 Å². The van der Waals surface area contributed by atoms with E-state index in [1.54, 1.807) is 12.4 Å². The van der Waals surface area contributed by atoms with Crippen LogP contribution in [-0.4, -0.2) is 57.0 Å². The fourth-order valence-corrected chi connectivity index (χ4v) is 4.35. The summed E-state index contributed by atoms with van der Waals surface area (Å²) in [4.78, 5) is 26.4. The number of hydrogen-bond donors (Lipinski definition) is 0. The molecule has 0 bridgehead atoms. The number of rotatable bonds is 4. The molecule has 0 aromatic carbocycles. The number of nitrogens with zero attached hydrogens (tertiary/aromatic N) is 5. The lowest BCUT2D eigenvalue weighted by Crippen LogP contribution is -2.35. The van der Waals surface area contributed by atoms with Crippen molar-refractivity contribution in [2.24, 2.45) is 0 Å². The van der Waals surface area contributed by atoms with Gasteiger partial charge in [0.05, 0.1) is 17.2 Å². The molecule has 1 aliphatic heterocycles. The minimum atomic E-state index is 0.100. The maximum atomic E-state index is 12.9. The summed E-state index contributed by atoms with van der Waals surface area (Å²) in [7, 11) is 0. The standard InChI is InChI=1S/C20H23N5O2S/c1-14-19(28-15(2)22-14)20(26)25-8-4-7-24(9-10-25)13-17-11-18(23-27-17)16-5-3-6-21-12-16/h3,5-6,11-12H,4,7-10,13H2,1-2H3. The van der Waals surface area contributed by atoms with E-state index in [0.29, 0.717) is 13.1 Å². The minimum Gasteiger partial charge on any atom is -0.359 e. The fourth-order valence-electron chi connectivity index (χ4n) is 3.46. The Bertz CT molecular complexity index is 953. The van der Waals surface area contributed by atoms with Crippen molar-refractivity contribution in [1.29, 1.82) is 0 Å². The first kappa shape index (κ1) is 18.8. The summed E-state index contributed by atoms with van der Waals surface area (Å²) >= 11 is 1.48. The zero-order chi connectivity index (χ0) is 19.5. The summed E-state index contributed by atoms with van der Waals surface area (Å²) in [6, 6.07) is 5.82. The molecule has 0 saturated carbocycles. The van der Waals surface area contributed by atoms with Gasteiger partial charge < -0.3 is 9.42 Å². The summed E-state index contributed by atoms with van der Waals surface area (Å²) in [5.41, 5.74) is 2.57. The van der Waals surface area contributed by atoms with Crippen LogP contribution in [0.15, 0.2) is 35.1 Å². The Morgan fingerprint density at radius 3 is 2.89 bits per heavy atom. The molecule has 7 nitrogen and oxygen atoms in total. The number of pyridine rings is 1. The molecule has 0 spiro atoms. The largest absolute Gasteiger partial charge is 0.359 e. The van der Waals surface area contributed by atoms with Gasteiger partial charge in [0.2, 0.25) is 0 Å². The average molecular weight is 398 g/mol. The highest BCUT2D eigenvalue weighted by Gasteiger charge is 2.24. The van der Waals surface area contributed by atoms with Crippen LogP contribution in [-0.2, 0) is 6.54 Å². The molecule has 0 unspecified atom stereocenters. The van der Waals surface area contributed by atoms with E-state index in [0.717, 1.165) is 58.7 Å². The molecule has 0 aliphatic carbocycles. The van der Waals surface area contributed by atoms with Gasteiger partial charge >= 0.3 is 0 Å². The van der Waals surface area contributed by atoms with Crippen LogP contribution in [0.25, 0.3) is 11.3 Å². The fraction of sp³-hybridized carbons (Fsp3) is 0.400. The first-order chi connectivity index (χ1) is 13.6. The lowest BCUT2D eigenvalue weighted by atomic mass is 10.2. The molecule has 0 N–H and O–H groups in total. The summed E-state index contributed by atoms with van der Waals surface area (Å²) in [6.45, 7) is 7.75. The van der Waals surface area contributed by atoms with Crippen LogP contribution in [0.2, 0.25) is 0 Å². The highest BCUT2D eigenvalue weighted by molar-refractivity contribution is 7.13. The Kier molecular flexibility index (Phi) is 5.50. The third kappa shape index (κ3) is 4.13. The summed E-state index contributed by atoms with van der Waals surface area (Å²) in [6.07, 6.45) is 4.45. The molecule has 146 valence electrons. The van der Waals surface area contributed by atoms with Gasteiger partial charge in [-0.25, -0.2) is 4.98 Å². The Labute approximate surface area is 168 Å². The minimum absolute atomic E-state index is 0.100. The van der Waals surface area contributed by atoms with Crippen molar-refractivity contribution in [3.63, 3.8) is 0 Å². The molecular formula is C20H23N5O2S. The van der Waals surface area contributed by atoms with E-state index >= 15 is 0 Å². The molecule has 4 heterocycles. The Morgan fingerprint density at radius 1 is 1.25 bits per heavy atom. The zero-order valence-electron chi connectivity index (χ0n) is 16.1. The van der Waals surface area contributed by atoms with Gasteiger partial charge in [-0.3, -0.25) is 14.7 Å². The van der Waals surface area contributed by atoms with Gasteiger partial charge in [-0.1, -0.05) is 5.16 Å². The van der Waals surface area contributed by atoms with Crippen molar-refractivity contribution in [2.75, 3.05) is 26.2 Å². The SMILES string of the molecule is Cc1nc(C)c(C(=O)N2CCCN(Cc3cc(-c4cccnc4)no3)CC2)s1. The molecule has 28 heavy (non-hydrogen) atoms. The first-order valence-corrected chi connectivity index (χ1v) is 10.2. The van der Waals surface area contributed by atoms with Gasteiger partial charge in [-0.05, 0) is 32.4 Å². The summed E-state index contributed by atoms with van der Waals surface area (Å²) in [5.74, 6) is 0.927. The number of aryl methyl sites for hydroxylation is 2. The molecule has 0 radical (unpaired) electrons. The molecule has 1 aliphatic rings. The average Bonchev–Trinajstić information content (AvgIpc) is 3.21. The maximum Gasteiger partial charge on any atom is 0.265 e. The second-order valence-electron chi connectivity index (χ2n) is 6.99. The maximum absolute atomic E-state index is 12.9. The van der Waals surface area contributed by atoms with Crippen molar-refractivity contribution < 1.29 is 9.32 Å². The molecule has 3 aromatic rings. The van der Waals surface area contributed by atoms with Crippen LogP contribution in [0.1, 0.15) is 32.6 Å². The normalized spacial score (nSPS) is 15.6. The Morgan fingerprint density at radius 2 is 2.14 bits per heavy atom. The molecular weight excluding hydrogens is 374 g/mol. The third-order valence-corrected chi connectivity index (χ3v) is 5.93. The Hall–Kier alpha value is -2.58. The van der Waals surface area contributed by atoms with E-state index in [-0.39, 0.29) is 5.91 Å². The van der Waals surface area contributed by atoms with E-state index in [1.807, 2.05) is 36.9 Å². The molecule has 0 atom stereocenters. The highest BCUT2D eigenvalue weighted by Crippen LogP contribution is 2.21. The summed E-state index contributed by atoms with van der Waals surface area (Å²) in [5, 5.41) is 5.10. The van der Waals surface area contributed by atoms with Gasteiger partial charge in [0.25, 0.3) is 5.91 Å². The topological polar surface area (TPSA) is 75.4 Å². The van der Waals surface area contributed by atoms with Gasteiger partial charge in [0.15, 0.2) is 5.76 Å². The molecule has 8 heteroatoms. The number of carbonyl (C=O) groups excluding carboxylic acids is 1. The number of aromatic nitrogens is 3. The molecule has 1 fully saturated rings. The lowest BCUT2D eigenvalue weighted by Gasteiger charge is -2.21. The molecule has 3 aromatic heterocycles. The predicted octanol–water partition coefficient (Wildman–Crippen LogP) is 3.16. The van der Waals surface area contributed by atoms with E-state index in [9.17, 15) is 4.79 Å². The van der Waals surface area contributed by atoms with Gasteiger partial charge in [-0.2, -0.15) is 0 Å². The molecule has 4 rings (SSSR count). The predicted molar refractivity (Wildman–Crippen MR) is 107 cm³/mol.